The minimum Gasteiger partial charge on any atom is -0.294 e. The van der Waals surface area contributed by atoms with Crippen LogP contribution < -0.4 is 16.6 Å². The van der Waals surface area contributed by atoms with Crippen LogP contribution >= 0.6 is 0 Å². The number of imide groups is 1. The molecule has 1 heterocycles. The molecule has 1 aliphatic heterocycles. The maximum Gasteiger partial charge on any atom is 0.250 e. The van der Waals surface area contributed by atoms with E-state index >= 15 is 0 Å². The summed E-state index contributed by atoms with van der Waals surface area (Å²) in [4.78, 5) is 35.8. The maximum atomic E-state index is 11.6. The number of nitrogens with zero attached hydrogens (tertiary/aromatic N) is 1. The summed E-state index contributed by atoms with van der Waals surface area (Å²) in [7, 11) is 0. The van der Waals surface area contributed by atoms with Crippen molar-refractivity contribution in [2.75, 3.05) is 6.54 Å². The quantitative estimate of drug-likeness (QED) is 0.222. The molecule has 1 rings (SSSR count). The van der Waals surface area contributed by atoms with Crippen LogP contribution in [0.5, 0.6) is 0 Å². The molecule has 1 atom stereocenters. The second kappa shape index (κ2) is 4.18. The number of amides is 3. The van der Waals surface area contributed by atoms with Crippen LogP contribution in [0.15, 0.2) is 0 Å². The molecule has 1 fully saturated rings. The van der Waals surface area contributed by atoms with Crippen molar-refractivity contribution in [3.63, 3.8) is 0 Å². The van der Waals surface area contributed by atoms with Gasteiger partial charge in [-0.05, 0) is 20.8 Å². The second-order valence-corrected chi connectivity index (χ2v) is 4.25. The lowest BCUT2D eigenvalue weighted by atomic mass is 9.96. The lowest BCUT2D eigenvalue weighted by Gasteiger charge is -2.42. The third-order valence-corrected chi connectivity index (χ3v) is 2.83. The zero-order valence-corrected chi connectivity index (χ0v) is 9.53. The van der Waals surface area contributed by atoms with Crippen molar-refractivity contribution in [1.29, 1.82) is 0 Å². The van der Waals surface area contributed by atoms with Gasteiger partial charge >= 0.3 is 0 Å². The molecule has 0 aliphatic carbocycles. The van der Waals surface area contributed by atoms with Crippen molar-refractivity contribution in [2.24, 2.45) is 5.84 Å². The Balaban J connectivity index is 2.96. The molecule has 0 radical (unpaired) electrons. The highest BCUT2D eigenvalue weighted by Gasteiger charge is 2.44. The third kappa shape index (κ3) is 2.05. The van der Waals surface area contributed by atoms with Crippen LogP contribution in [0.25, 0.3) is 0 Å². The van der Waals surface area contributed by atoms with Crippen molar-refractivity contribution < 1.29 is 14.4 Å². The molecule has 0 aromatic carbocycles. The largest absolute Gasteiger partial charge is 0.294 e. The van der Waals surface area contributed by atoms with E-state index < -0.39 is 29.3 Å². The highest BCUT2D eigenvalue weighted by atomic mass is 16.2. The van der Waals surface area contributed by atoms with Crippen LogP contribution in [0, 0.1) is 0 Å². The van der Waals surface area contributed by atoms with Crippen LogP contribution in [0.3, 0.4) is 0 Å². The molecule has 1 aliphatic rings. The fourth-order valence-corrected chi connectivity index (χ4v) is 1.69. The number of carbonyl (C=O) groups excluding carboxylic acids is 3. The second-order valence-electron chi connectivity index (χ2n) is 4.25. The van der Waals surface area contributed by atoms with E-state index in [-0.39, 0.29) is 6.54 Å². The fourth-order valence-electron chi connectivity index (χ4n) is 1.69. The molecule has 3 amide bonds. The first kappa shape index (κ1) is 12.6. The Bertz CT molecular complexity index is 340. The first-order valence-electron chi connectivity index (χ1n) is 4.92. The van der Waals surface area contributed by atoms with Gasteiger partial charge < -0.3 is 0 Å². The molecule has 0 bridgehead atoms. The highest BCUT2D eigenvalue weighted by Crippen LogP contribution is 2.20. The number of nitrogens with one attached hydrogen (secondary N) is 2. The summed E-state index contributed by atoms with van der Waals surface area (Å²) in [5.74, 6) is 3.76. The Hall–Kier alpha value is -1.47. The van der Waals surface area contributed by atoms with Crippen LogP contribution in [0.4, 0.5) is 0 Å². The van der Waals surface area contributed by atoms with E-state index in [2.05, 4.69) is 5.32 Å². The van der Waals surface area contributed by atoms with Gasteiger partial charge in [-0.2, -0.15) is 0 Å². The lowest BCUT2D eigenvalue weighted by Crippen LogP contribution is -2.68. The van der Waals surface area contributed by atoms with Gasteiger partial charge in [0.15, 0.2) is 0 Å². The van der Waals surface area contributed by atoms with Gasteiger partial charge in [0.1, 0.15) is 0 Å². The number of carbonyl (C=O) groups is 3. The van der Waals surface area contributed by atoms with Crippen LogP contribution in [-0.2, 0) is 14.4 Å². The molecular weight excluding hydrogens is 212 g/mol. The van der Waals surface area contributed by atoms with Gasteiger partial charge in [-0.1, -0.05) is 0 Å². The molecule has 1 unspecified atom stereocenters. The van der Waals surface area contributed by atoms with E-state index in [1.54, 1.807) is 20.8 Å². The van der Waals surface area contributed by atoms with Gasteiger partial charge in [-0.3, -0.25) is 30.0 Å². The highest BCUT2D eigenvalue weighted by molar-refractivity contribution is 6.03. The molecule has 90 valence electrons. The zero-order chi connectivity index (χ0) is 12.5. The van der Waals surface area contributed by atoms with E-state index in [9.17, 15) is 14.4 Å². The van der Waals surface area contributed by atoms with Crippen molar-refractivity contribution in [2.45, 2.75) is 32.4 Å². The first-order valence-corrected chi connectivity index (χ1v) is 4.92. The Morgan fingerprint density at radius 3 is 2.62 bits per heavy atom. The van der Waals surface area contributed by atoms with Gasteiger partial charge in [-0.15, -0.1) is 0 Å². The van der Waals surface area contributed by atoms with Gasteiger partial charge in [0.2, 0.25) is 11.8 Å². The smallest absolute Gasteiger partial charge is 0.250 e. The van der Waals surface area contributed by atoms with Gasteiger partial charge in [0.25, 0.3) is 5.91 Å². The Kier molecular flexibility index (Phi) is 3.30. The normalized spacial score (nSPS) is 22.5. The minimum absolute atomic E-state index is 0.00662. The summed E-state index contributed by atoms with van der Waals surface area (Å²) in [6, 6.07) is -0.644. The van der Waals surface area contributed by atoms with Gasteiger partial charge in [-0.25, -0.2) is 5.84 Å². The van der Waals surface area contributed by atoms with E-state index in [1.165, 1.54) is 4.90 Å². The van der Waals surface area contributed by atoms with Crippen LogP contribution in [0.2, 0.25) is 0 Å². The minimum atomic E-state index is -0.917. The Labute approximate surface area is 93.3 Å². The number of hydrogen-bond acceptors (Lipinski definition) is 5. The Morgan fingerprint density at radius 1 is 1.56 bits per heavy atom. The predicted octanol–water partition coefficient (Wildman–Crippen LogP) is -1.90. The number of hydrazine groups is 1. The molecule has 7 nitrogen and oxygen atoms in total. The average molecular weight is 228 g/mol. The van der Waals surface area contributed by atoms with E-state index in [1.807, 2.05) is 5.43 Å². The average Bonchev–Trinajstić information content (AvgIpc) is 2.21. The van der Waals surface area contributed by atoms with Crippen molar-refractivity contribution >= 4 is 17.7 Å². The third-order valence-electron chi connectivity index (χ3n) is 2.83. The molecule has 7 heteroatoms. The molecule has 1 saturated heterocycles. The number of piperazine rings is 1. The SMILES string of the molecule is CC(C(=O)NN)N1CC(=O)NC(=O)C1(C)C. The summed E-state index contributed by atoms with van der Waals surface area (Å²) in [5, 5.41) is 2.23. The van der Waals surface area contributed by atoms with E-state index in [0.29, 0.717) is 0 Å². The number of rotatable bonds is 2. The van der Waals surface area contributed by atoms with Crippen LogP contribution in [-0.4, -0.2) is 40.7 Å². The fraction of sp³-hybridized carbons (Fsp3) is 0.667. The monoisotopic (exact) mass is 228 g/mol. The molecule has 0 spiro atoms. The number of nitrogens with two attached hydrogens (primary N) is 1. The Morgan fingerprint density at radius 2 is 2.12 bits per heavy atom. The molecule has 0 aromatic rings. The first-order chi connectivity index (χ1) is 7.30. The summed E-state index contributed by atoms with van der Waals surface area (Å²) >= 11 is 0. The van der Waals surface area contributed by atoms with Crippen LogP contribution in [0.1, 0.15) is 20.8 Å². The maximum absolute atomic E-state index is 11.6. The molecule has 4 N–H and O–H groups in total. The molecular formula is C9H16N4O3. The van der Waals surface area contributed by atoms with Crippen molar-refractivity contribution in [3.05, 3.63) is 0 Å². The predicted molar refractivity (Wildman–Crippen MR) is 55.7 cm³/mol. The number of hydrogen-bond donors (Lipinski definition) is 3. The molecule has 0 saturated carbocycles. The summed E-state index contributed by atoms with van der Waals surface area (Å²) in [5.41, 5.74) is 1.09. The molecule has 16 heavy (non-hydrogen) atoms. The van der Waals surface area contributed by atoms with E-state index in [0.717, 1.165) is 0 Å². The lowest BCUT2D eigenvalue weighted by molar-refractivity contribution is -0.149. The standard InChI is InChI=1S/C9H16N4O3/c1-5(7(15)12-10)13-4-6(14)11-8(16)9(13,2)3/h5H,4,10H2,1-3H3,(H,12,15)(H,11,14,16). The zero-order valence-electron chi connectivity index (χ0n) is 9.53. The van der Waals surface area contributed by atoms with Gasteiger partial charge in [0, 0.05) is 0 Å². The van der Waals surface area contributed by atoms with Crippen molar-refractivity contribution in [3.8, 4) is 0 Å². The topological polar surface area (TPSA) is 105 Å². The molecule has 0 aromatic heterocycles. The van der Waals surface area contributed by atoms with Crippen molar-refractivity contribution in [1.82, 2.24) is 15.6 Å². The van der Waals surface area contributed by atoms with Gasteiger partial charge in [0.05, 0.1) is 18.1 Å². The van der Waals surface area contributed by atoms with E-state index in [4.69, 9.17) is 5.84 Å². The summed E-state index contributed by atoms with van der Waals surface area (Å²) in [6.07, 6.45) is 0. The summed E-state index contributed by atoms with van der Waals surface area (Å²) < 4.78 is 0. The summed E-state index contributed by atoms with van der Waals surface area (Å²) in [6.45, 7) is 4.88.